The Morgan fingerprint density at radius 2 is 1.44 bits per heavy atom. The number of unbranched alkanes of at least 4 members (excludes halogenated alkanes) is 1. The SMILES string of the molecule is Clc1ccc2c(NCCCCNc3nc(N4CCN(c5ccccc5)CC4)nc4ccccc34)ccnc2c1. The van der Waals surface area contributed by atoms with E-state index >= 15 is 0 Å². The number of hydrogen-bond acceptors (Lipinski definition) is 7. The summed E-state index contributed by atoms with van der Waals surface area (Å²) in [4.78, 5) is 19.0. The minimum atomic E-state index is 0.702. The van der Waals surface area contributed by atoms with Gasteiger partial charge in [-0.15, -0.1) is 0 Å². The Bertz CT molecular complexity index is 1550. The zero-order valence-corrected chi connectivity index (χ0v) is 22.6. The monoisotopic (exact) mass is 537 g/mol. The lowest BCUT2D eigenvalue weighted by atomic mass is 10.2. The van der Waals surface area contributed by atoms with Gasteiger partial charge in [-0.25, -0.2) is 4.98 Å². The molecule has 0 unspecified atom stereocenters. The van der Waals surface area contributed by atoms with E-state index in [0.29, 0.717) is 5.02 Å². The Balaban J connectivity index is 1.06. The van der Waals surface area contributed by atoms with E-state index in [-0.39, 0.29) is 0 Å². The highest BCUT2D eigenvalue weighted by atomic mass is 35.5. The van der Waals surface area contributed by atoms with E-state index in [0.717, 1.165) is 91.4 Å². The molecule has 0 saturated carbocycles. The van der Waals surface area contributed by atoms with Crippen LogP contribution in [0.15, 0.2) is 85.1 Å². The number of aromatic nitrogens is 3. The number of hydrogen-bond donors (Lipinski definition) is 2. The van der Waals surface area contributed by atoms with Gasteiger partial charge in [-0.3, -0.25) is 4.98 Å². The second-order valence-electron chi connectivity index (χ2n) is 9.78. The average Bonchev–Trinajstić information content (AvgIpc) is 2.99. The van der Waals surface area contributed by atoms with E-state index in [1.807, 2.05) is 42.6 Å². The third-order valence-electron chi connectivity index (χ3n) is 7.19. The number of nitrogens with one attached hydrogen (secondary N) is 2. The Kier molecular flexibility index (Phi) is 7.59. The molecule has 0 radical (unpaired) electrons. The van der Waals surface area contributed by atoms with Crippen LogP contribution in [0.2, 0.25) is 5.02 Å². The highest BCUT2D eigenvalue weighted by Gasteiger charge is 2.20. The van der Waals surface area contributed by atoms with Crippen molar-refractivity contribution in [2.45, 2.75) is 12.8 Å². The van der Waals surface area contributed by atoms with Gasteiger partial charge in [-0.05, 0) is 61.4 Å². The molecular weight excluding hydrogens is 506 g/mol. The number of benzene rings is 3. The molecule has 3 heterocycles. The number of para-hydroxylation sites is 2. The maximum atomic E-state index is 6.12. The second kappa shape index (κ2) is 11.7. The maximum Gasteiger partial charge on any atom is 0.228 e. The van der Waals surface area contributed by atoms with Crippen LogP contribution in [0.5, 0.6) is 0 Å². The van der Waals surface area contributed by atoms with Crippen molar-refractivity contribution in [2.24, 2.45) is 0 Å². The first kappa shape index (κ1) is 25.2. The van der Waals surface area contributed by atoms with Gasteiger partial charge in [0.1, 0.15) is 5.82 Å². The van der Waals surface area contributed by atoms with Crippen LogP contribution in [0.1, 0.15) is 12.8 Å². The van der Waals surface area contributed by atoms with Crippen molar-refractivity contribution in [3.63, 3.8) is 0 Å². The molecule has 0 aliphatic carbocycles. The smallest absolute Gasteiger partial charge is 0.228 e. The molecule has 1 saturated heterocycles. The van der Waals surface area contributed by atoms with Crippen molar-refractivity contribution in [2.75, 3.05) is 59.7 Å². The number of rotatable bonds is 9. The third-order valence-corrected chi connectivity index (χ3v) is 7.43. The molecule has 0 amide bonds. The topological polar surface area (TPSA) is 69.2 Å². The van der Waals surface area contributed by atoms with Gasteiger partial charge in [-0.2, -0.15) is 4.98 Å². The van der Waals surface area contributed by atoms with Crippen molar-refractivity contribution >= 4 is 56.5 Å². The summed E-state index contributed by atoms with van der Waals surface area (Å²) in [6.07, 6.45) is 3.87. The van der Waals surface area contributed by atoms with Gasteiger partial charge in [-0.1, -0.05) is 41.9 Å². The van der Waals surface area contributed by atoms with Crippen LogP contribution in [0.4, 0.5) is 23.1 Å². The quantitative estimate of drug-likeness (QED) is 0.209. The molecule has 39 heavy (non-hydrogen) atoms. The summed E-state index contributed by atoms with van der Waals surface area (Å²) in [5, 5.41) is 10.0. The van der Waals surface area contributed by atoms with Gasteiger partial charge >= 0.3 is 0 Å². The highest BCUT2D eigenvalue weighted by Crippen LogP contribution is 2.26. The first-order valence-electron chi connectivity index (χ1n) is 13.6. The number of halogens is 1. The van der Waals surface area contributed by atoms with Gasteiger partial charge in [0.2, 0.25) is 5.95 Å². The van der Waals surface area contributed by atoms with Crippen LogP contribution in [0.3, 0.4) is 0 Å². The molecule has 1 aliphatic rings. The van der Waals surface area contributed by atoms with E-state index in [1.54, 1.807) is 0 Å². The zero-order chi connectivity index (χ0) is 26.4. The number of nitrogens with zero attached hydrogens (tertiary/aromatic N) is 5. The van der Waals surface area contributed by atoms with Crippen LogP contribution >= 0.6 is 11.6 Å². The second-order valence-corrected chi connectivity index (χ2v) is 10.2. The predicted octanol–water partition coefficient (Wildman–Crippen LogP) is 6.46. The molecule has 8 heteroatoms. The third kappa shape index (κ3) is 5.83. The van der Waals surface area contributed by atoms with Gasteiger partial charge < -0.3 is 20.4 Å². The number of anilines is 4. The Morgan fingerprint density at radius 3 is 2.28 bits per heavy atom. The van der Waals surface area contributed by atoms with Crippen LogP contribution in [0, 0.1) is 0 Å². The first-order chi connectivity index (χ1) is 19.2. The van der Waals surface area contributed by atoms with Crippen molar-refractivity contribution in [3.8, 4) is 0 Å². The fourth-order valence-electron chi connectivity index (χ4n) is 5.10. The fraction of sp³-hybridized carbons (Fsp3) is 0.258. The van der Waals surface area contributed by atoms with E-state index in [1.165, 1.54) is 5.69 Å². The lowest BCUT2D eigenvalue weighted by molar-refractivity contribution is 0.641. The summed E-state index contributed by atoms with van der Waals surface area (Å²) in [6, 6.07) is 26.7. The van der Waals surface area contributed by atoms with E-state index in [9.17, 15) is 0 Å². The van der Waals surface area contributed by atoms with Crippen LogP contribution < -0.4 is 20.4 Å². The average molecular weight is 538 g/mol. The summed E-state index contributed by atoms with van der Waals surface area (Å²) in [5.74, 6) is 1.71. The van der Waals surface area contributed by atoms with Crippen LogP contribution in [0.25, 0.3) is 21.8 Å². The molecular formula is C31H32ClN7. The van der Waals surface area contributed by atoms with Crippen LogP contribution in [-0.2, 0) is 0 Å². The summed E-state index contributed by atoms with van der Waals surface area (Å²) in [7, 11) is 0. The van der Waals surface area contributed by atoms with E-state index in [2.05, 4.69) is 67.9 Å². The van der Waals surface area contributed by atoms with Gasteiger partial charge in [0.15, 0.2) is 0 Å². The summed E-state index contributed by atoms with van der Waals surface area (Å²) in [6.45, 7) is 5.43. The summed E-state index contributed by atoms with van der Waals surface area (Å²) < 4.78 is 0. The Labute approximate surface area is 233 Å². The summed E-state index contributed by atoms with van der Waals surface area (Å²) >= 11 is 6.12. The van der Waals surface area contributed by atoms with E-state index in [4.69, 9.17) is 21.6 Å². The standard InChI is InChI=1S/C31H32ClN7/c32-23-12-13-25-27(14-17-34-29(25)22-23)33-15-6-7-16-35-30-26-10-4-5-11-28(26)36-31(37-30)39-20-18-38(19-21-39)24-8-2-1-3-9-24/h1-5,8-14,17,22H,6-7,15-16,18-21H2,(H,33,34)(H,35,36,37). The molecule has 3 aromatic carbocycles. The lowest BCUT2D eigenvalue weighted by Crippen LogP contribution is -2.47. The van der Waals surface area contributed by atoms with Crippen molar-refractivity contribution in [3.05, 3.63) is 90.1 Å². The number of fused-ring (bicyclic) bond motifs is 2. The molecule has 0 bridgehead atoms. The lowest BCUT2D eigenvalue weighted by Gasteiger charge is -2.36. The minimum Gasteiger partial charge on any atom is -0.384 e. The van der Waals surface area contributed by atoms with Gasteiger partial charge in [0.05, 0.1) is 11.0 Å². The molecule has 0 atom stereocenters. The largest absolute Gasteiger partial charge is 0.384 e. The van der Waals surface area contributed by atoms with Gasteiger partial charge in [0.25, 0.3) is 0 Å². The van der Waals surface area contributed by atoms with E-state index < -0.39 is 0 Å². The normalized spacial score (nSPS) is 13.7. The number of pyridine rings is 1. The van der Waals surface area contributed by atoms with Crippen molar-refractivity contribution in [1.29, 1.82) is 0 Å². The molecule has 198 valence electrons. The molecule has 5 aromatic rings. The zero-order valence-electron chi connectivity index (χ0n) is 21.9. The Hall–Kier alpha value is -4.10. The minimum absolute atomic E-state index is 0.702. The maximum absolute atomic E-state index is 6.12. The summed E-state index contributed by atoms with van der Waals surface area (Å²) in [5.41, 5.74) is 4.24. The highest BCUT2D eigenvalue weighted by molar-refractivity contribution is 6.31. The molecule has 6 rings (SSSR count). The molecule has 1 aliphatic heterocycles. The molecule has 7 nitrogen and oxygen atoms in total. The first-order valence-corrected chi connectivity index (χ1v) is 14.0. The van der Waals surface area contributed by atoms with Crippen molar-refractivity contribution < 1.29 is 0 Å². The molecule has 1 fully saturated rings. The van der Waals surface area contributed by atoms with Crippen molar-refractivity contribution in [1.82, 2.24) is 15.0 Å². The molecule has 2 N–H and O–H groups in total. The predicted molar refractivity (Wildman–Crippen MR) is 163 cm³/mol. The fourth-order valence-corrected chi connectivity index (χ4v) is 5.27. The molecule has 2 aromatic heterocycles. The van der Waals surface area contributed by atoms with Crippen LogP contribution in [-0.4, -0.2) is 54.2 Å². The van der Waals surface area contributed by atoms with Gasteiger partial charge in [0, 0.05) is 72.6 Å². The molecule has 0 spiro atoms. The number of piperazine rings is 1. The Morgan fingerprint density at radius 1 is 0.692 bits per heavy atom.